The lowest BCUT2D eigenvalue weighted by Gasteiger charge is -2.27. The lowest BCUT2D eigenvalue weighted by Crippen LogP contribution is -2.29. The largest absolute Gasteiger partial charge is 0.416 e. The van der Waals surface area contributed by atoms with Gasteiger partial charge in [0.25, 0.3) is 0 Å². The Bertz CT molecular complexity index is 489. The fraction of sp³-hybridized carbons (Fsp3) is 0.500. The van der Waals surface area contributed by atoms with Crippen LogP contribution in [0.2, 0.25) is 0 Å². The van der Waals surface area contributed by atoms with Gasteiger partial charge in [0.1, 0.15) is 0 Å². The third-order valence-corrected chi connectivity index (χ3v) is 2.77. The normalized spacial score (nSPS) is 11.4. The van der Waals surface area contributed by atoms with Crippen molar-refractivity contribution in [2.75, 3.05) is 23.7 Å². The number of hydrogen-bond acceptors (Lipinski definition) is 3. The predicted octanol–water partition coefficient (Wildman–Crippen LogP) is 3.66. The van der Waals surface area contributed by atoms with E-state index in [0.29, 0.717) is 31.1 Å². The summed E-state index contributed by atoms with van der Waals surface area (Å²) in [5.74, 6) is 0.315. The van der Waals surface area contributed by atoms with Gasteiger partial charge < -0.3 is 10.6 Å². The number of nitrogen functional groups attached to an aromatic ring is 1. The van der Waals surface area contributed by atoms with Crippen molar-refractivity contribution in [1.82, 2.24) is 0 Å². The van der Waals surface area contributed by atoms with Crippen LogP contribution in [0.1, 0.15) is 25.8 Å². The Balaban J connectivity index is 3.05. The number of halogens is 3. The molecule has 0 aromatic heterocycles. The van der Waals surface area contributed by atoms with Crippen LogP contribution in [-0.4, -0.2) is 13.1 Å². The van der Waals surface area contributed by atoms with Gasteiger partial charge in [0, 0.05) is 13.1 Å². The predicted molar refractivity (Wildman–Crippen MR) is 73.1 cm³/mol. The maximum Gasteiger partial charge on any atom is 0.416 e. The molecule has 0 bridgehead atoms. The van der Waals surface area contributed by atoms with E-state index < -0.39 is 11.7 Å². The highest BCUT2D eigenvalue weighted by molar-refractivity contribution is 5.68. The zero-order chi connectivity index (χ0) is 15.3. The summed E-state index contributed by atoms with van der Waals surface area (Å²) in [4.78, 5) is 1.85. The summed E-state index contributed by atoms with van der Waals surface area (Å²) in [5, 5.41) is 8.66. The molecule has 0 saturated carbocycles. The molecule has 0 spiro atoms. The van der Waals surface area contributed by atoms with E-state index in [1.165, 1.54) is 6.07 Å². The lowest BCUT2D eigenvalue weighted by molar-refractivity contribution is -0.137. The van der Waals surface area contributed by atoms with Crippen molar-refractivity contribution in [3.63, 3.8) is 0 Å². The third kappa shape index (κ3) is 4.34. The van der Waals surface area contributed by atoms with Crippen LogP contribution < -0.4 is 10.6 Å². The minimum absolute atomic E-state index is 0.0819. The van der Waals surface area contributed by atoms with E-state index in [2.05, 4.69) is 0 Å². The first-order valence-corrected chi connectivity index (χ1v) is 6.34. The van der Waals surface area contributed by atoms with Crippen LogP contribution in [-0.2, 0) is 6.18 Å². The highest BCUT2D eigenvalue weighted by Crippen LogP contribution is 2.34. The van der Waals surface area contributed by atoms with Crippen LogP contribution in [0.15, 0.2) is 18.2 Å². The molecular formula is C14H18F3N3. The van der Waals surface area contributed by atoms with Gasteiger partial charge in [-0.1, -0.05) is 13.8 Å². The maximum atomic E-state index is 12.6. The zero-order valence-electron chi connectivity index (χ0n) is 11.5. The van der Waals surface area contributed by atoms with Gasteiger partial charge in [0.05, 0.1) is 29.4 Å². The summed E-state index contributed by atoms with van der Waals surface area (Å²) < 4.78 is 37.8. The summed E-state index contributed by atoms with van der Waals surface area (Å²) in [6.45, 7) is 5.08. The topological polar surface area (TPSA) is 53.0 Å². The molecule has 1 aromatic rings. The van der Waals surface area contributed by atoms with Crippen LogP contribution in [0.25, 0.3) is 0 Å². The SMILES string of the molecule is CC(C)CN(CCC#N)c1ccc(C(F)(F)F)cc1N. The van der Waals surface area contributed by atoms with Crippen LogP contribution in [0.4, 0.5) is 24.5 Å². The molecule has 110 valence electrons. The molecule has 20 heavy (non-hydrogen) atoms. The number of hydrogen-bond donors (Lipinski definition) is 1. The fourth-order valence-corrected chi connectivity index (χ4v) is 1.95. The Morgan fingerprint density at radius 3 is 2.45 bits per heavy atom. The van der Waals surface area contributed by atoms with Crippen LogP contribution in [0, 0.1) is 17.2 Å². The van der Waals surface area contributed by atoms with Crippen molar-refractivity contribution in [3.05, 3.63) is 23.8 Å². The first-order valence-electron chi connectivity index (χ1n) is 6.34. The summed E-state index contributed by atoms with van der Waals surface area (Å²) >= 11 is 0. The average molecular weight is 285 g/mol. The van der Waals surface area contributed by atoms with Gasteiger partial charge in [-0.25, -0.2) is 0 Å². The van der Waals surface area contributed by atoms with E-state index in [0.717, 1.165) is 12.1 Å². The van der Waals surface area contributed by atoms with Gasteiger partial charge >= 0.3 is 6.18 Å². The molecule has 1 aromatic carbocycles. The van der Waals surface area contributed by atoms with Crippen LogP contribution >= 0.6 is 0 Å². The van der Waals surface area contributed by atoms with Crippen molar-refractivity contribution in [3.8, 4) is 6.07 Å². The van der Waals surface area contributed by atoms with E-state index in [1.807, 2.05) is 24.8 Å². The van der Waals surface area contributed by atoms with Gasteiger partial charge in [-0.3, -0.25) is 0 Å². The van der Waals surface area contributed by atoms with E-state index in [-0.39, 0.29) is 5.69 Å². The summed E-state index contributed by atoms with van der Waals surface area (Å²) in [7, 11) is 0. The van der Waals surface area contributed by atoms with Crippen molar-refractivity contribution in [2.24, 2.45) is 5.92 Å². The van der Waals surface area contributed by atoms with Crippen molar-refractivity contribution in [1.29, 1.82) is 5.26 Å². The number of nitrogens with two attached hydrogens (primary N) is 1. The van der Waals surface area contributed by atoms with E-state index in [9.17, 15) is 13.2 Å². The van der Waals surface area contributed by atoms with Gasteiger partial charge in [0.2, 0.25) is 0 Å². The van der Waals surface area contributed by atoms with Gasteiger partial charge in [-0.2, -0.15) is 18.4 Å². The summed E-state index contributed by atoms with van der Waals surface area (Å²) in [5.41, 5.74) is 5.61. The molecular weight excluding hydrogens is 267 g/mol. The number of nitrogens with zero attached hydrogens (tertiary/aromatic N) is 2. The average Bonchev–Trinajstić information content (AvgIpc) is 2.33. The number of anilines is 2. The van der Waals surface area contributed by atoms with Crippen molar-refractivity contribution in [2.45, 2.75) is 26.4 Å². The second kappa shape index (κ2) is 6.51. The smallest absolute Gasteiger partial charge is 0.397 e. The van der Waals surface area contributed by atoms with Gasteiger partial charge in [-0.15, -0.1) is 0 Å². The molecule has 0 fully saturated rings. The first kappa shape index (κ1) is 16.2. The standard InChI is InChI=1S/C14H18F3N3/c1-10(2)9-20(7-3-6-18)13-5-4-11(8-12(13)19)14(15,16)17/h4-5,8,10H,3,7,9,19H2,1-2H3. The Hall–Kier alpha value is -1.90. The molecule has 0 aliphatic carbocycles. The summed E-state index contributed by atoms with van der Waals surface area (Å²) in [6.07, 6.45) is -4.10. The monoisotopic (exact) mass is 285 g/mol. The van der Waals surface area contributed by atoms with Crippen LogP contribution in [0.5, 0.6) is 0 Å². The molecule has 0 amide bonds. The zero-order valence-corrected chi connectivity index (χ0v) is 11.5. The Morgan fingerprint density at radius 1 is 1.35 bits per heavy atom. The maximum absolute atomic E-state index is 12.6. The molecule has 0 aliphatic heterocycles. The first-order chi connectivity index (χ1) is 9.25. The molecule has 0 heterocycles. The Labute approximate surface area is 116 Å². The second-order valence-electron chi connectivity index (χ2n) is 5.02. The van der Waals surface area contributed by atoms with E-state index in [1.54, 1.807) is 0 Å². The number of nitriles is 1. The number of alkyl halides is 3. The molecule has 0 unspecified atom stereocenters. The molecule has 3 nitrogen and oxygen atoms in total. The number of rotatable bonds is 5. The fourth-order valence-electron chi connectivity index (χ4n) is 1.95. The lowest BCUT2D eigenvalue weighted by atomic mass is 10.1. The second-order valence-corrected chi connectivity index (χ2v) is 5.02. The van der Waals surface area contributed by atoms with Crippen molar-refractivity contribution >= 4 is 11.4 Å². The Kier molecular flexibility index (Phi) is 5.26. The number of benzene rings is 1. The molecule has 1 rings (SSSR count). The van der Waals surface area contributed by atoms with E-state index >= 15 is 0 Å². The van der Waals surface area contributed by atoms with Gasteiger partial charge in [-0.05, 0) is 24.1 Å². The summed E-state index contributed by atoms with van der Waals surface area (Å²) in [6, 6.07) is 5.37. The quantitative estimate of drug-likeness (QED) is 0.840. The highest BCUT2D eigenvalue weighted by atomic mass is 19.4. The van der Waals surface area contributed by atoms with Gasteiger partial charge in [0.15, 0.2) is 0 Å². The van der Waals surface area contributed by atoms with Crippen LogP contribution in [0.3, 0.4) is 0 Å². The minimum Gasteiger partial charge on any atom is -0.397 e. The Morgan fingerprint density at radius 2 is 2.00 bits per heavy atom. The minimum atomic E-state index is -4.40. The molecule has 0 saturated heterocycles. The molecule has 0 radical (unpaired) electrons. The third-order valence-electron chi connectivity index (χ3n) is 2.77. The van der Waals surface area contributed by atoms with Crippen molar-refractivity contribution < 1.29 is 13.2 Å². The molecule has 0 atom stereocenters. The highest BCUT2D eigenvalue weighted by Gasteiger charge is 2.31. The molecule has 2 N–H and O–H groups in total. The molecule has 0 aliphatic rings. The molecule has 6 heteroatoms. The van der Waals surface area contributed by atoms with E-state index in [4.69, 9.17) is 11.0 Å².